The van der Waals surface area contributed by atoms with Crippen molar-refractivity contribution in [2.45, 2.75) is 38.3 Å². The van der Waals surface area contributed by atoms with Gasteiger partial charge in [0.25, 0.3) is 0 Å². The largest absolute Gasteiger partial charge is 0.490 e. The number of likely N-dealkylation sites (tertiary alicyclic amines) is 1. The fraction of sp³-hybridized carbons (Fsp3) is 0.600. The molecule has 1 aromatic rings. The molecule has 2 atom stereocenters. The summed E-state index contributed by atoms with van der Waals surface area (Å²) in [6, 6.07) is 4.18. The third-order valence-electron chi connectivity index (χ3n) is 4.16. The van der Waals surface area contributed by atoms with Crippen molar-refractivity contribution >= 4 is 15.9 Å². The highest BCUT2D eigenvalue weighted by atomic mass is 79.9. The summed E-state index contributed by atoms with van der Waals surface area (Å²) in [7, 11) is 0. The van der Waals surface area contributed by atoms with Crippen molar-refractivity contribution in [3.05, 3.63) is 27.7 Å². The summed E-state index contributed by atoms with van der Waals surface area (Å²) < 4.78 is 6.84. The third-order valence-corrected chi connectivity index (χ3v) is 4.75. The number of benzene rings is 1. The van der Waals surface area contributed by atoms with E-state index in [0.717, 1.165) is 34.4 Å². The Kier molecular flexibility index (Phi) is 3.83. The number of rotatable bonds is 1. The maximum Gasteiger partial charge on any atom is 0.139 e. The molecule has 2 aliphatic rings. The first-order chi connectivity index (χ1) is 9.16. The van der Waals surface area contributed by atoms with Crippen molar-refractivity contribution in [3.63, 3.8) is 0 Å². The van der Waals surface area contributed by atoms with Gasteiger partial charge in [0.1, 0.15) is 18.5 Å². The number of halogens is 1. The molecule has 0 spiro atoms. The van der Waals surface area contributed by atoms with Gasteiger partial charge in [-0.1, -0.05) is 6.42 Å². The minimum absolute atomic E-state index is 0.0986. The molecule has 1 aromatic carbocycles. The second-order valence-corrected chi connectivity index (χ2v) is 6.44. The zero-order valence-electron chi connectivity index (χ0n) is 11.2. The lowest BCUT2D eigenvalue weighted by Crippen LogP contribution is -2.48. The van der Waals surface area contributed by atoms with Crippen molar-refractivity contribution in [1.82, 2.24) is 4.90 Å². The van der Waals surface area contributed by atoms with Gasteiger partial charge in [-0.15, -0.1) is 0 Å². The lowest BCUT2D eigenvalue weighted by Gasteiger charge is -2.40. The SMILES string of the molecule is Cc1cc(Br)c2c(c1)[C@H](O)[C@H](N1CCCCC1)CO2. The van der Waals surface area contributed by atoms with Crippen LogP contribution in [0.2, 0.25) is 0 Å². The average molecular weight is 326 g/mol. The van der Waals surface area contributed by atoms with Crippen LogP contribution in [0, 0.1) is 6.92 Å². The molecule has 3 nitrogen and oxygen atoms in total. The quantitative estimate of drug-likeness (QED) is 0.861. The zero-order chi connectivity index (χ0) is 13.4. The van der Waals surface area contributed by atoms with E-state index in [0.29, 0.717) is 6.61 Å². The average Bonchev–Trinajstić information content (AvgIpc) is 2.41. The Morgan fingerprint density at radius 2 is 2.00 bits per heavy atom. The summed E-state index contributed by atoms with van der Waals surface area (Å²) in [6.45, 7) is 4.78. The number of aryl methyl sites for hydroxylation is 1. The van der Waals surface area contributed by atoms with Crippen LogP contribution < -0.4 is 4.74 Å². The van der Waals surface area contributed by atoms with Gasteiger partial charge >= 0.3 is 0 Å². The van der Waals surface area contributed by atoms with E-state index in [1.807, 2.05) is 19.1 Å². The molecule has 0 aromatic heterocycles. The van der Waals surface area contributed by atoms with Gasteiger partial charge in [-0.25, -0.2) is 0 Å². The van der Waals surface area contributed by atoms with Crippen LogP contribution in [0.3, 0.4) is 0 Å². The molecule has 2 heterocycles. The molecule has 3 rings (SSSR count). The molecule has 0 saturated carbocycles. The van der Waals surface area contributed by atoms with E-state index >= 15 is 0 Å². The number of piperidine rings is 1. The number of aliphatic hydroxyl groups is 1. The summed E-state index contributed by atoms with van der Waals surface area (Å²) in [5.41, 5.74) is 2.07. The molecular formula is C15H20BrNO2. The van der Waals surface area contributed by atoms with Crippen molar-refractivity contribution in [1.29, 1.82) is 0 Å². The summed E-state index contributed by atoms with van der Waals surface area (Å²) in [5, 5.41) is 10.7. The zero-order valence-corrected chi connectivity index (χ0v) is 12.8. The number of hydrogen-bond acceptors (Lipinski definition) is 3. The molecule has 0 unspecified atom stereocenters. The Hall–Kier alpha value is -0.580. The molecular weight excluding hydrogens is 306 g/mol. The topological polar surface area (TPSA) is 32.7 Å². The number of nitrogens with zero attached hydrogens (tertiary/aromatic N) is 1. The maximum absolute atomic E-state index is 10.7. The van der Waals surface area contributed by atoms with E-state index in [9.17, 15) is 5.11 Å². The Labute approximate surface area is 122 Å². The Bertz CT molecular complexity index is 471. The third kappa shape index (κ3) is 2.54. The van der Waals surface area contributed by atoms with Gasteiger partial charge < -0.3 is 9.84 Å². The van der Waals surface area contributed by atoms with E-state index in [4.69, 9.17) is 4.74 Å². The summed E-state index contributed by atoms with van der Waals surface area (Å²) in [4.78, 5) is 2.38. The molecule has 2 aliphatic heterocycles. The predicted octanol–water partition coefficient (Wildman–Crippen LogP) is 3.04. The predicted molar refractivity (Wildman–Crippen MR) is 78.5 cm³/mol. The molecule has 0 amide bonds. The van der Waals surface area contributed by atoms with E-state index < -0.39 is 6.10 Å². The second kappa shape index (κ2) is 5.43. The highest BCUT2D eigenvalue weighted by Gasteiger charge is 2.35. The lowest BCUT2D eigenvalue weighted by atomic mass is 9.95. The minimum atomic E-state index is -0.446. The standard InChI is InChI=1S/C15H20BrNO2/c1-10-7-11-14(18)13(17-5-3-2-4-6-17)9-19-15(11)12(16)8-10/h7-8,13-14,18H,2-6,9H2,1H3/t13-,14+/m1/s1. The highest BCUT2D eigenvalue weighted by Crippen LogP contribution is 2.40. The molecule has 19 heavy (non-hydrogen) atoms. The number of fused-ring (bicyclic) bond motifs is 1. The molecule has 0 bridgehead atoms. The number of hydrogen-bond donors (Lipinski definition) is 1. The number of ether oxygens (including phenoxy) is 1. The maximum atomic E-state index is 10.7. The summed E-state index contributed by atoms with van der Waals surface area (Å²) in [6.07, 6.45) is 3.32. The van der Waals surface area contributed by atoms with Crippen LogP contribution in [-0.2, 0) is 0 Å². The van der Waals surface area contributed by atoms with Crippen LogP contribution >= 0.6 is 15.9 Å². The summed E-state index contributed by atoms with van der Waals surface area (Å²) >= 11 is 3.53. The normalized spacial score (nSPS) is 27.7. The van der Waals surface area contributed by atoms with Crippen molar-refractivity contribution in [2.75, 3.05) is 19.7 Å². The van der Waals surface area contributed by atoms with Gasteiger partial charge in [0.2, 0.25) is 0 Å². The van der Waals surface area contributed by atoms with Gasteiger partial charge in [-0.2, -0.15) is 0 Å². The number of aliphatic hydroxyl groups excluding tert-OH is 1. The monoisotopic (exact) mass is 325 g/mol. The van der Waals surface area contributed by atoms with Gasteiger partial charge in [-0.3, -0.25) is 4.90 Å². The smallest absolute Gasteiger partial charge is 0.139 e. The van der Waals surface area contributed by atoms with Crippen molar-refractivity contribution < 1.29 is 9.84 Å². The van der Waals surface area contributed by atoms with Crippen LogP contribution in [0.15, 0.2) is 16.6 Å². The van der Waals surface area contributed by atoms with Gasteiger partial charge in [0.15, 0.2) is 0 Å². The Morgan fingerprint density at radius 3 is 2.74 bits per heavy atom. The molecule has 104 valence electrons. The van der Waals surface area contributed by atoms with Crippen LogP contribution in [0.5, 0.6) is 5.75 Å². The van der Waals surface area contributed by atoms with Crippen LogP contribution in [-0.4, -0.2) is 35.7 Å². The van der Waals surface area contributed by atoms with Gasteiger partial charge in [0.05, 0.1) is 10.5 Å². The van der Waals surface area contributed by atoms with Crippen LogP contribution in [0.25, 0.3) is 0 Å². The lowest BCUT2D eigenvalue weighted by molar-refractivity contribution is -0.00469. The Balaban J connectivity index is 1.88. The molecule has 4 heteroatoms. The Morgan fingerprint density at radius 1 is 1.26 bits per heavy atom. The fourth-order valence-electron chi connectivity index (χ4n) is 3.15. The summed E-state index contributed by atoms with van der Waals surface area (Å²) in [5.74, 6) is 0.811. The first kappa shape index (κ1) is 13.4. The molecule has 0 radical (unpaired) electrons. The molecule has 1 saturated heterocycles. The minimum Gasteiger partial charge on any atom is -0.490 e. The fourth-order valence-corrected chi connectivity index (χ4v) is 3.85. The first-order valence-corrected chi connectivity index (χ1v) is 7.81. The molecule has 0 aliphatic carbocycles. The van der Waals surface area contributed by atoms with E-state index in [2.05, 4.69) is 20.8 Å². The first-order valence-electron chi connectivity index (χ1n) is 7.02. The van der Waals surface area contributed by atoms with Crippen molar-refractivity contribution in [3.8, 4) is 5.75 Å². The van der Waals surface area contributed by atoms with Crippen molar-refractivity contribution in [2.24, 2.45) is 0 Å². The second-order valence-electron chi connectivity index (χ2n) is 5.58. The van der Waals surface area contributed by atoms with Gasteiger partial charge in [0, 0.05) is 5.56 Å². The molecule has 1 N–H and O–H groups in total. The van der Waals surface area contributed by atoms with E-state index in [-0.39, 0.29) is 6.04 Å². The van der Waals surface area contributed by atoms with E-state index in [1.165, 1.54) is 19.3 Å². The molecule has 1 fully saturated rings. The van der Waals surface area contributed by atoms with Crippen LogP contribution in [0.4, 0.5) is 0 Å². The van der Waals surface area contributed by atoms with Gasteiger partial charge in [-0.05, 0) is 66.5 Å². The van der Waals surface area contributed by atoms with E-state index in [1.54, 1.807) is 0 Å². The highest BCUT2D eigenvalue weighted by molar-refractivity contribution is 9.10. The van der Waals surface area contributed by atoms with Crippen LogP contribution in [0.1, 0.15) is 36.5 Å².